The fraction of sp³-hybridized carbons (Fsp3) is 0.455. The Morgan fingerprint density at radius 1 is 1.40 bits per heavy atom. The van der Waals surface area contributed by atoms with Crippen molar-refractivity contribution in [2.75, 3.05) is 20.1 Å². The van der Waals surface area contributed by atoms with Gasteiger partial charge in [-0.05, 0) is 18.6 Å². The van der Waals surface area contributed by atoms with Crippen molar-refractivity contribution in [3.05, 3.63) is 17.9 Å². The van der Waals surface area contributed by atoms with Gasteiger partial charge in [0.05, 0.1) is 6.54 Å². The van der Waals surface area contributed by atoms with Gasteiger partial charge in [0.1, 0.15) is 0 Å². The second-order valence-corrected chi connectivity index (χ2v) is 5.80. The van der Waals surface area contributed by atoms with Crippen molar-refractivity contribution in [1.29, 1.82) is 0 Å². The van der Waals surface area contributed by atoms with E-state index in [0.29, 0.717) is 6.42 Å². The second kappa shape index (κ2) is 6.53. The number of sulfonamides is 1. The molecule has 1 aromatic rings. The lowest BCUT2D eigenvalue weighted by molar-refractivity contribution is -0.120. The molecule has 112 valence electrons. The monoisotopic (exact) mass is 304 g/mol. The number of hydrogen-bond acceptors (Lipinski definition) is 5. The number of furan rings is 1. The molecule has 1 amide bonds. The second-order valence-electron chi connectivity index (χ2n) is 3.94. The Balaban J connectivity index is 3.08. The number of hydrogen-bond donors (Lipinski definition) is 2. The number of rotatable bonds is 7. The molecule has 0 aliphatic rings. The van der Waals surface area contributed by atoms with E-state index in [2.05, 4.69) is 5.32 Å². The summed E-state index contributed by atoms with van der Waals surface area (Å²) in [5, 5.41) is 10.6. The van der Waals surface area contributed by atoms with Gasteiger partial charge < -0.3 is 14.8 Å². The minimum Gasteiger partial charge on any atom is -0.475 e. The van der Waals surface area contributed by atoms with Crippen molar-refractivity contribution in [2.45, 2.75) is 18.4 Å². The summed E-state index contributed by atoms with van der Waals surface area (Å²) >= 11 is 0. The van der Waals surface area contributed by atoms with Crippen LogP contribution < -0.4 is 5.32 Å². The van der Waals surface area contributed by atoms with Gasteiger partial charge in [0.25, 0.3) is 10.0 Å². The van der Waals surface area contributed by atoms with Gasteiger partial charge in [-0.1, -0.05) is 6.92 Å². The van der Waals surface area contributed by atoms with Crippen molar-refractivity contribution in [3.8, 4) is 0 Å². The summed E-state index contributed by atoms with van der Waals surface area (Å²) in [5.74, 6) is -2.30. The van der Waals surface area contributed by atoms with Crippen LogP contribution in [0.5, 0.6) is 0 Å². The first-order chi connectivity index (χ1) is 9.32. The summed E-state index contributed by atoms with van der Waals surface area (Å²) < 4.78 is 30.3. The molecule has 0 aliphatic heterocycles. The molecule has 0 aromatic carbocycles. The molecule has 2 N–H and O–H groups in total. The SMILES string of the molecule is CCCN(CC(=O)NC)S(=O)(=O)c1ccc(C(=O)O)o1. The molecule has 1 aromatic heterocycles. The molecule has 0 fully saturated rings. The maximum atomic E-state index is 12.3. The Morgan fingerprint density at radius 3 is 2.50 bits per heavy atom. The largest absolute Gasteiger partial charge is 0.475 e. The summed E-state index contributed by atoms with van der Waals surface area (Å²) in [7, 11) is -2.64. The average molecular weight is 304 g/mol. The summed E-state index contributed by atoms with van der Waals surface area (Å²) in [6.45, 7) is 1.53. The molecule has 8 nitrogen and oxygen atoms in total. The molecular formula is C11H16N2O6S. The van der Waals surface area contributed by atoms with Gasteiger partial charge >= 0.3 is 5.97 Å². The standard InChI is InChI=1S/C11H16N2O6S/c1-3-6-13(7-9(14)12-2)20(17,18)10-5-4-8(19-10)11(15)16/h4-5H,3,6-7H2,1-2H3,(H,12,14)(H,15,16). The maximum absolute atomic E-state index is 12.3. The van der Waals surface area contributed by atoms with Crippen LogP contribution in [0.15, 0.2) is 21.6 Å². The number of carboxylic acids is 1. The van der Waals surface area contributed by atoms with E-state index in [1.165, 1.54) is 7.05 Å². The molecule has 0 bridgehead atoms. The highest BCUT2D eigenvalue weighted by Crippen LogP contribution is 2.19. The van der Waals surface area contributed by atoms with Crippen LogP contribution in [-0.4, -0.2) is 49.8 Å². The number of aromatic carboxylic acids is 1. The van der Waals surface area contributed by atoms with Crippen molar-refractivity contribution < 1.29 is 27.5 Å². The van der Waals surface area contributed by atoms with Gasteiger partial charge in [-0.25, -0.2) is 13.2 Å². The highest BCUT2D eigenvalue weighted by Gasteiger charge is 2.29. The van der Waals surface area contributed by atoms with Crippen molar-refractivity contribution in [1.82, 2.24) is 9.62 Å². The normalized spacial score (nSPS) is 11.6. The topological polar surface area (TPSA) is 117 Å². The van der Waals surface area contributed by atoms with Crippen LogP contribution in [0, 0.1) is 0 Å². The Kier molecular flexibility index (Phi) is 5.28. The molecule has 0 unspecified atom stereocenters. The van der Waals surface area contributed by atoms with Gasteiger partial charge in [-0.15, -0.1) is 0 Å². The third-order valence-electron chi connectivity index (χ3n) is 2.46. The van der Waals surface area contributed by atoms with E-state index >= 15 is 0 Å². The number of carboxylic acid groups (broad SMARTS) is 1. The minimum absolute atomic E-state index is 0.124. The highest BCUT2D eigenvalue weighted by molar-refractivity contribution is 7.89. The first-order valence-electron chi connectivity index (χ1n) is 5.86. The number of carbonyl (C=O) groups excluding carboxylic acids is 1. The summed E-state index contributed by atoms with van der Waals surface area (Å²) in [6, 6.07) is 2.12. The lowest BCUT2D eigenvalue weighted by Crippen LogP contribution is -2.39. The van der Waals surface area contributed by atoms with Crippen molar-refractivity contribution >= 4 is 21.9 Å². The molecular weight excluding hydrogens is 288 g/mol. The Labute approximate surface area is 116 Å². The molecule has 1 heterocycles. The first-order valence-corrected chi connectivity index (χ1v) is 7.30. The summed E-state index contributed by atoms with van der Waals surface area (Å²) in [5.41, 5.74) is 0. The van der Waals surface area contributed by atoms with Crippen LogP contribution in [0.4, 0.5) is 0 Å². The van der Waals surface area contributed by atoms with E-state index in [9.17, 15) is 18.0 Å². The maximum Gasteiger partial charge on any atom is 0.371 e. The number of amides is 1. The van der Waals surface area contributed by atoms with Gasteiger partial charge in [-0.3, -0.25) is 4.79 Å². The van der Waals surface area contributed by atoms with E-state index in [-0.39, 0.29) is 13.1 Å². The van der Waals surface area contributed by atoms with Gasteiger partial charge in [0, 0.05) is 13.6 Å². The molecule has 0 saturated heterocycles. The first kappa shape index (κ1) is 16.2. The van der Waals surface area contributed by atoms with E-state index in [1.54, 1.807) is 6.92 Å². The smallest absolute Gasteiger partial charge is 0.371 e. The molecule has 0 spiro atoms. The van der Waals surface area contributed by atoms with Gasteiger partial charge in [0.15, 0.2) is 0 Å². The van der Waals surface area contributed by atoms with Crippen LogP contribution in [0.2, 0.25) is 0 Å². The number of nitrogens with one attached hydrogen (secondary N) is 1. The van der Waals surface area contributed by atoms with Crippen molar-refractivity contribution in [2.24, 2.45) is 0 Å². The van der Waals surface area contributed by atoms with Crippen LogP contribution in [0.25, 0.3) is 0 Å². The zero-order chi connectivity index (χ0) is 15.3. The van der Waals surface area contributed by atoms with Crippen LogP contribution in [-0.2, 0) is 14.8 Å². The summed E-state index contributed by atoms with van der Waals surface area (Å²) in [4.78, 5) is 22.0. The molecule has 0 radical (unpaired) electrons. The zero-order valence-corrected chi connectivity index (χ0v) is 11.9. The van der Waals surface area contributed by atoms with E-state index in [1.807, 2.05) is 0 Å². The van der Waals surface area contributed by atoms with Crippen LogP contribution in [0.1, 0.15) is 23.9 Å². The quantitative estimate of drug-likeness (QED) is 0.739. The molecule has 1 rings (SSSR count). The fourth-order valence-corrected chi connectivity index (χ4v) is 2.87. The number of likely N-dealkylation sites (N-methyl/N-ethyl adjacent to an activating group) is 1. The average Bonchev–Trinajstić information content (AvgIpc) is 2.88. The predicted molar refractivity (Wildman–Crippen MR) is 68.8 cm³/mol. The molecule has 20 heavy (non-hydrogen) atoms. The Bertz CT molecular complexity index is 592. The van der Waals surface area contributed by atoms with Gasteiger partial charge in [-0.2, -0.15) is 4.31 Å². The highest BCUT2D eigenvalue weighted by atomic mass is 32.2. The molecule has 0 atom stereocenters. The molecule has 9 heteroatoms. The lowest BCUT2D eigenvalue weighted by atomic mass is 10.4. The van der Waals surface area contributed by atoms with E-state index in [4.69, 9.17) is 9.52 Å². The Morgan fingerprint density at radius 2 is 2.05 bits per heavy atom. The summed E-state index contributed by atoms with van der Waals surface area (Å²) in [6.07, 6.45) is 0.503. The fourth-order valence-electron chi connectivity index (χ4n) is 1.47. The lowest BCUT2D eigenvalue weighted by Gasteiger charge is -2.19. The Hall–Kier alpha value is -1.87. The molecule has 0 aliphatic carbocycles. The van der Waals surface area contributed by atoms with Crippen molar-refractivity contribution in [3.63, 3.8) is 0 Å². The third-order valence-corrected chi connectivity index (χ3v) is 4.18. The van der Waals surface area contributed by atoms with E-state index < -0.39 is 32.8 Å². The van der Waals surface area contributed by atoms with Crippen LogP contribution >= 0.6 is 0 Å². The zero-order valence-electron chi connectivity index (χ0n) is 11.1. The minimum atomic E-state index is -4.04. The third kappa shape index (κ3) is 3.58. The van der Waals surface area contributed by atoms with Crippen LogP contribution in [0.3, 0.4) is 0 Å². The number of carbonyl (C=O) groups is 2. The van der Waals surface area contributed by atoms with Gasteiger partial charge in [0.2, 0.25) is 16.8 Å². The molecule has 0 saturated carbocycles. The predicted octanol–water partition coefficient (Wildman–Crippen LogP) is 0.124. The van der Waals surface area contributed by atoms with E-state index in [0.717, 1.165) is 16.4 Å². The number of nitrogens with zero attached hydrogens (tertiary/aromatic N) is 1.